The molecule has 0 radical (unpaired) electrons. The van der Waals surface area contributed by atoms with Gasteiger partial charge in [0.2, 0.25) is 0 Å². The molecule has 1 aromatic heterocycles. The lowest BCUT2D eigenvalue weighted by molar-refractivity contribution is -0.703. The van der Waals surface area contributed by atoms with E-state index in [2.05, 4.69) is 17.0 Å². The van der Waals surface area contributed by atoms with Crippen LogP contribution in [0, 0.1) is 5.92 Å². The Kier molecular flexibility index (Phi) is 5.09. The van der Waals surface area contributed by atoms with Crippen molar-refractivity contribution < 1.29 is 21.5 Å². The molecule has 0 aromatic carbocycles. The van der Waals surface area contributed by atoms with Crippen molar-refractivity contribution in [2.45, 2.75) is 38.6 Å². The van der Waals surface area contributed by atoms with Gasteiger partial charge in [-0.25, -0.2) is 4.57 Å². The highest BCUT2D eigenvalue weighted by Gasteiger charge is 2.17. The largest absolute Gasteiger partial charge is 1.00 e. The molecule has 0 amide bonds. The zero-order chi connectivity index (χ0) is 9.80. The van der Waals surface area contributed by atoms with Crippen molar-refractivity contribution in [2.75, 3.05) is 5.73 Å². The second-order valence-electron chi connectivity index (χ2n) is 4.33. The lowest BCUT2D eigenvalue weighted by atomic mass is 9.89. The molecule has 2 N–H and O–H groups in total. The van der Waals surface area contributed by atoms with Crippen LogP contribution in [0.15, 0.2) is 24.5 Å². The van der Waals surface area contributed by atoms with Gasteiger partial charge in [-0.05, 0) is 12.8 Å². The fraction of sp³-hybridized carbons (Fsp3) is 0.583. The monoisotopic (exact) mass is 270 g/mol. The number of halogens is 1. The molecule has 2 rings (SSSR count). The van der Waals surface area contributed by atoms with E-state index in [1.165, 1.54) is 38.6 Å². The van der Waals surface area contributed by atoms with Crippen molar-refractivity contribution in [2.24, 2.45) is 5.92 Å². The first kappa shape index (κ1) is 12.5. The summed E-state index contributed by atoms with van der Waals surface area (Å²) < 4.78 is 2.26. The lowest BCUT2D eigenvalue weighted by Crippen LogP contribution is -3.00. The first-order valence-electron chi connectivity index (χ1n) is 5.59. The zero-order valence-corrected chi connectivity index (χ0v) is 10.6. The Morgan fingerprint density at radius 3 is 2.33 bits per heavy atom. The molecule has 0 aliphatic heterocycles. The molecule has 1 heterocycles. The van der Waals surface area contributed by atoms with E-state index >= 15 is 0 Å². The van der Waals surface area contributed by atoms with Crippen LogP contribution >= 0.6 is 0 Å². The van der Waals surface area contributed by atoms with Crippen LogP contribution < -0.4 is 27.3 Å². The molecular formula is C12H19BrN2. The summed E-state index contributed by atoms with van der Waals surface area (Å²) in [4.78, 5) is 0. The van der Waals surface area contributed by atoms with E-state index < -0.39 is 0 Å². The zero-order valence-electron chi connectivity index (χ0n) is 9.03. The number of anilines is 1. The summed E-state index contributed by atoms with van der Waals surface area (Å²) in [6, 6.07) is 3.95. The van der Waals surface area contributed by atoms with Gasteiger partial charge >= 0.3 is 0 Å². The van der Waals surface area contributed by atoms with Crippen molar-refractivity contribution in [3.8, 4) is 0 Å². The summed E-state index contributed by atoms with van der Waals surface area (Å²) >= 11 is 0. The van der Waals surface area contributed by atoms with E-state index in [9.17, 15) is 0 Å². The van der Waals surface area contributed by atoms with E-state index in [0.717, 1.165) is 11.6 Å². The van der Waals surface area contributed by atoms with Gasteiger partial charge in [-0.1, -0.05) is 19.3 Å². The Morgan fingerprint density at radius 2 is 1.73 bits per heavy atom. The second-order valence-corrected chi connectivity index (χ2v) is 4.33. The van der Waals surface area contributed by atoms with Crippen LogP contribution in [0.25, 0.3) is 0 Å². The van der Waals surface area contributed by atoms with E-state index in [1.807, 2.05) is 12.1 Å². The first-order chi connectivity index (χ1) is 6.84. The standard InChI is InChI=1S/C12H18N2.BrH/c13-12-6-8-14(9-7-12)10-11-4-2-1-3-5-11;/h6-9,11,13H,1-5,10H2;1H. The molecule has 0 atom stereocenters. The maximum absolute atomic E-state index is 5.65. The third kappa shape index (κ3) is 3.82. The summed E-state index contributed by atoms with van der Waals surface area (Å²) in [6.07, 6.45) is 11.2. The maximum Gasteiger partial charge on any atom is 0.170 e. The number of hydrogen-bond donors (Lipinski definition) is 1. The molecule has 1 aliphatic rings. The molecule has 0 unspecified atom stereocenters. The highest BCUT2D eigenvalue weighted by atomic mass is 79.9. The van der Waals surface area contributed by atoms with E-state index in [4.69, 9.17) is 5.73 Å². The van der Waals surface area contributed by atoms with Crippen molar-refractivity contribution >= 4 is 5.69 Å². The molecule has 0 bridgehead atoms. The summed E-state index contributed by atoms with van der Waals surface area (Å²) in [5.41, 5.74) is 6.50. The normalized spacial score (nSPS) is 17.1. The highest BCUT2D eigenvalue weighted by molar-refractivity contribution is 5.32. The Balaban J connectivity index is 0.00000112. The SMILES string of the molecule is Nc1cc[n+](CC2CCCCC2)cc1.[Br-]. The molecular weight excluding hydrogens is 252 g/mol. The van der Waals surface area contributed by atoms with Gasteiger partial charge in [0, 0.05) is 23.7 Å². The summed E-state index contributed by atoms with van der Waals surface area (Å²) in [5, 5.41) is 0. The molecule has 15 heavy (non-hydrogen) atoms. The Bertz CT molecular complexity index is 278. The number of nitrogens with two attached hydrogens (primary N) is 1. The third-order valence-electron chi connectivity index (χ3n) is 3.11. The number of hydrogen-bond acceptors (Lipinski definition) is 1. The third-order valence-corrected chi connectivity index (χ3v) is 3.11. The maximum atomic E-state index is 5.65. The van der Waals surface area contributed by atoms with E-state index in [0.29, 0.717) is 0 Å². The van der Waals surface area contributed by atoms with Gasteiger partial charge in [0.1, 0.15) is 0 Å². The number of pyridine rings is 1. The van der Waals surface area contributed by atoms with Gasteiger partial charge in [0.05, 0.1) is 0 Å². The molecule has 0 saturated heterocycles. The Morgan fingerprint density at radius 1 is 1.13 bits per heavy atom. The van der Waals surface area contributed by atoms with Crippen molar-refractivity contribution in [1.29, 1.82) is 0 Å². The summed E-state index contributed by atoms with van der Waals surface area (Å²) in [5.74, 6) is 0.886. The predicted molar refractivity (Wildman–Crippen MR) is 57.6 cm³/mol. The van der Waals surface area contributed by atoms with Crippen LogP contribution in [-0.4, -0.2) is 0 Å². The fourth-order valence-electron chi connectivity index (χ4n) is 2.26. The van der Waals surface area contributed by atoms with Crippen LogP contribution in [0.5, 0.6) is 0 Å². The topological polar surface area (TPSA) is 29.9 Å². The second kappa shape index (κ2) is 6.11. The van der Waals surface area contributed by atoms with Crippen molar-refractivity contribution in [3.63, 3.8) is 0 Å². The van der Waals surface area contributed by atoms with Gasteiger partial charge in [0.15, 0.2) is 18.9 Å². The fourth-order valence-corrected chi connectivity index (χ4v) is 2.26. The molecule has 84 valence electrons. The van der Waals surface area contributed by atoms with Crippen LogP contribution in [0.1, 0.15) is 32.1 Å². The van der Waals surface area contributed by atoms with Gasteiger partial charge < -0.3 is 22.7 Å². The molecule has 1 aromatic rings. The average Bonchev–Trinajstić information content (AvgIpc) is 2.23. The lowest BCUT2D eigenvalue weighted by Gasteiger charge is -2.18. The van der Waals surface area contributed by atoms with E-state index in [1.54, 1.807) is 0 Å². The van der Waals surface area contributed by atoms with Crippen molar-refractivity contribution in [1.82, 2.24) is 0 Å². The summed E-state index contributed by atoms with van der Waals surface area (Å²) in [6.45, 7) is 1.17. The quantitative estimate of drug-likeness (QED) is 0.697. The smallest absolute Gasteiger partial charge is 0.170 e. The first-order valence-corrected chi connectivity index (χ1v) is 5.59. The number of aromatic nitrogens is 1. The number of nitrogens with zero attached hydrogens (tertiary/aromatic N) is 1. The van der Waals surface area contributed by atoms with Crippen LogP contribution in [0.2, 0.25) is 0 Å². The van der Waals surface area contributed by atoms with Crippen LogP contribution in [0.4, 0.5) is 5.69 Å². The van der Waals surface area contributed by atoms with E-state index in [-0.39, 0.29) is 17.0 Å². The summed E-state index contributed by atoms with van der Waals surface area (Å²) in [7, 11) is 0. The van der Waals surface area contributed by atoms with Gasteiger partial charge in [0.25, 0.3) is 0 Å². The molecule has 1 fully saturated rings. The molecule has 2 nitrogen and oxygen atoms in total. The molecule has 3 heteroatoms. The van der Waals surface area contributed by atoms with Gasteiger partial charge in [-0.2, -0.15) is 0 Å². The minimum Gasteiger partial charge on any atom is -1.00 e. The Hall–Kier alpha value is -0.570. The minimum atomic E-state index is 0. The van der Waals surface area contributed by atoms with Gasteiger partial charge in [-0.3, -0.25) is 0 Å². The van der Waals surface area contributed by atoms with Crippen LogP contribution in [-0.2, 0) is 6.54 Å². The number of rotatable bonds is 2. The van der Waals surface area contributed by atoms with Crippen LogP contribution in [0.3, 0.4) is 0 Å². The Labute approximate surface area is 102 Å². The number of nitrogen functional groups attached to an aromatic ring is 1. The predicted octanol–water partition coefficient (Wildman–Crippen LogP) is -0.859. The highest BCUT2D eigenvalue weighted by Crippen LogP contribution is 2.23. The van der Waals surface area contributed by atoms with Crippen molar-refractivity contribution in [3.05, 3.63) is 24.5 Å². The van der Waals surface area contributed by atoms with Gasteiger partial charge in [-0.15, -0.1) is 0 Å². The molecule has 1 aliphatic carbocycles. The average molecular weight is 271 g/mol. The molecule has 0 spiro atoms. The molecule has 1 saturated carbocycles. The minimum absolute atomic E-state index is 0.